The monoisotopic (exact) mass is 484 g/mol. The number of piperidine rings is 1. The summed E-state index contributed by atoms with van der Waals surface area (Å²) in [5, 5.41) is 2.96. The van der Waals surface area contributed by atoms with E-state index in [0.29, 0.717) is 19.6 Å². The van der Waals surface area contributed by atoms with E-state index in [4.69, 9.17) is 13.7 Å². The predicted molar refractivity (Wildman–Crippen MR) is 128 cm³/mol. The molecule has 0 aromatic heterocycles. The van der Waals surface area contributed by atoms with Crippen molar-refractivity contribution in [2.75, 3.05) is 39.5 Å². The standard InChI is InChI=1S/C24H40N2O6S/c1-20-8-10-22(11-9-20)33(28,29)31-19-6-5-17-30-18-7-14-26-15-12-21(13-16-26)25-23(27)32-24(2,3)4/h8-11,21H,5-7,12-19H2,1-4H3,(H,25,27). The summed E-state index contributed by atoms with van der Waals surface area (Å²) in [6.45, 7) is 11.8. The highest BCUT2D eigenvalue weighted by atomic mass is 32.2. The van der Waals surface area contributed by atoms with Gasteiger partial charge >= 0.3 is 6.09 Å². The summed E-state index contributed by atoms with van der Waals surface area (Å²) in [5.74, 6) is 0. The quantitative estimate of drug-likeness (QED) is 0.355. The summed E-state index contributed by atoms with van der Waals surface area (Å²) in [7, 11) is -3.69. The van der Waals surface area contributed by atoms with E-state index in [0.717, 1.165) is 50.9 Å². The van der Waals surface area contributed by atoms with Gasteiger partial charge in [0.1, 0.15) is 5.60 Å². The van der Waals surface area contributed by atoms with Gasteiger partial charge in [-0.15, -0.1) is 0 Å². The first-order chi connectivity index (χ1) is 15.5. The lowest BCUT2D eigenvalue weighted by molar-refractivity contribution is 0.0476. The summed E-state index contributed by atoms with van der Waals surface area (Å²) in [6, 6.07) is 6.81. The number of nitrogens with zero attached hydrogens (tertiary/aromatic N) is 1. The van der Waals surface area contributed by atoms with Gasteiger partial charge in [-0.05, 0) is 71.9 Å². The third kappa shape index (κ3) is 11.3. The molecular formula is C24H40N2O6S. The molecule has 1 amide bonds. The SMILES string of the molecule is Cc1ccc(S(=O)(=O)OCCCCOCCCN2CCC(NC(=O)OC(C)(C)C)CC2)cc1. The van der Waals surface area contributed by atoms with Crippen molar-refractivity contribution in [2.45, 2.75) is 76.3 Å². The average Bonchev–Trinajstić information content (AvgIpc) is 2.72. The molecule has 188 valence electrons. The number of carbonyl (C=O) groups excluding carboxylic acids is 1. The summed E-state index contributed by atoms with van der Waals surface area (Å²) in [6.07, 6.45) is 3.83. The van der Waals surface area contributed by atoms with Crippen LogP contribution in [0.25, 0.3) is 0 Å². The molecule has 0 unspecified atom stereocenters. The van der Waals surface area contributed by atoms with Gasteiger partial charge in [0.25, 0.3) is 10.1 Å². The molecule has 2 rings (SSSR count). The molecule has 0 radical (unpaired) electrons. The third-order valence-corrected chi connectivity index (χ3v) is 6.63. The molecule has 0 aliphatic carbocycles. The summed E-state index contributed by atoms with van der Waals surface area (Å²) >= 11 is 0. The maximum atomic E-state index is 12.1. The Morgan fingerprint density at radius 3 is 2.27 bits per heavy atom. The van der Waals surface area contributed by atoms with Crippen molar-refractivity contribution in [1.82, 2.24) is 10.2 Å². The zero-order valence-corrected chi connectivity index (χ0v) is 21.3. The Balaban J connectivity index is 1.46. The minimum atomic E-state index is -3.69. The van der Waals surface area contributed by atoms with Crippen LogP contribution in [-0.4, -0.2) is 70.5 Å². The first-order valence-corrected chi connectivity index (χ1v) is 13.2. The summed E-state index contributed by atoms with van der Waals surface area (Å²) < 4.78 is 40.3. The van der Waals surface area contributed by atoms with Crippen molar-refractivity contribution in [3.05, 3.63) is 29.8 Å². The van der Waals surface area contributed by atoms with Crippen LogP contribution in [0.15, 0.2) is 29.2 Å². The number of ether oxygens (including phenoxy) is 2. The van der Waals surface area contributed by atoms with E-state index in [2.05, 4.69) is 10.2 Å². The number of amides is 1. The van der Waals surface area contributed by atoms with Crippen LogP contribution in [0.3, 0.4) is 0 Å². The second-order valence-electron chi connectivity index (χ2n) is 9.52. The van der Waals surface area contributed by atoms with Gasteiger partial charge in [-0.2, -0.15) is 8.42 Å². The van der Waals surface area contributed by atoms with Crippen molar-refractivity contribution >= 4 is 16.2 Å². The average molecular weight is 485 g/mol. The van der Waals surface area contributed by atoms with E-state index in [1.54, 1.807) is 24.3 Å². The Kier molecular flexibility index (Phi) is 11.1. The van der Waals surface area contributed by atoms with Crippen LogP contribution in [-0.2, 0) is 23.8 Å². The number of alkyl carbamates (subject to hydrolysis) is 1. The van der Waals surface area contributed by atoms with Crippen molar-refractivity contribution in [3.63, 3.8) is 0 Å². The van der Waals surface area contributed by atoms with Crippen LogP contribution in [0.4, 0.5) is 4.79 Å². The maximum Gasteiger partial charge on any atom is 0.407 e. The molecule has 0 atom stereocenters. The van der Waals surface area contributed by atoms with Crippen LogP contribution in [0.5, 0.6) is 0 Å². The molecule has 0 saturated carbocycles. The molecule has 1 aromatic carbocycles. The smallest absolute Gasteiger partial charge is 0.407 e. The molecule has 1 N–H and O–H groups in total. The second kappa shape index (κ2) is 13.3. The number of benzene rings is 1. The van der Waals surface area contributed by atoms with Gasteiger partial charge < -0.3 is 19.7 Å². The first kappa shape index (κ1) is 27.6. The largest absolute Gasteiger partial charge is 0.444 e. The van der Waals surface area contributed by atoms with E-state index < -0.39 is 15.7 Å². The van der Waals surface area contributed by atoms with Crippen molar-refractivity contribution in [3.8, 4) is 0 Å². The lowest BCUT2D eigenvalue weighted by atomic mass is 10.1. The Bertz CT molecular complexity index is 812. The third-order valence-electron chi connectivity index (χ3n) is 5.30. The fraction of sp³-hybridized carbons (Fsp3) is 0.708. The molecular weight excluding hydrogens is 444 g/mol. The van der Waals surface area contributed by atoms with Gasteiger partial charge in [0.15, 0.2) is 0 Å². The van der Waals surface area contributed by atoms with Crippen LogP contribution < -0.4 is 5.32 Å². The molecule has 1 aromatic rings. The minimum Gasteiger partial charge on any atom is -0.444 e. The van der Waals surface area contributed by atoms with Crippen LogP contribution in [0.1, 0.15) is 58.4 Å². The van der Waals surface area contributed by atoms with Gasteiger partial charge in [-0.3, -0.25) is 4.18 Å². The number of aryl methyl sites for hydroxylation is 1. The second-order valence-corrected chi connectivity index (χ2v) is 11.1. The number of rotatable bonds is 12. The Labute approximate surface area is 199 Å². The number of nitrogens with one attached hydrogen (secondary N) is 1. The van der Waals surface area contributed by atoms with E-state index in [1.165, 1.54) is 0 Å². The number of unbranched alkanes of at least 4 members (excludes halogenated alkanes) is 1. The zero-order valence-electron chi connectivity index (χ0n) is 20.5. The Morgan fingerprint density at radius 1 is 1.03 bits per heavy atom. The molecule has 8 nitrogen and oxygen atoms in total. The zero-order chi connectivity index (χ0) is 24.3. The highest BCUT2D eigenvalue weighted by molar-refractivity contribution is 7.86. The Hall–Kier alpha value is -1.68. The van der Waals surface area contributed by atoms with Crippen LogP contribution >= 0.6 is 0 Å². The summed E-state index contributed by atoms with van der Waals surface area (Å²) in [5.41, 5.74) is 0.530. The van der Waals surface area contributed by atoms with Gasteiger partial charge in [0.05, 0.1) is 11.5 Å². The topological polar surface area (TPSA) is 94.2 Å². The van der Waals surface area contributed by atoms with Crippen molar-refractivity contribution < 1.29 is 26.9 Å². The summed E-state index contributed by atoms with van der Waals surface area (Å²) in [4.78, 5) is 14.4. The lowest BCUT2D eigenvalue weighted by Gasteiger charge is -2.32. The highest BCUT2D eigenvalue weighted by Gasteiger charge is 2.23. The number of carbonyl (C=O) groups is 1. The number of hydrogen-bond donors (Lipinski definition) is 1. The van der Waals surface area contributed by atoms with E-state index >= 15 is 0 Å². The van der Waals surface area contributed by atoms with E-state index in [-0.39, 0.29) is 23.6 Å². The van der Waals surface area contributed by atoms with Crippen molar-refractivity contribution in [1.29, 1.82) is 0 Å². The molecule has 1 fully saturated rings. The predicted octanol–water partition coefficient (Wildman–Crippen LogP) is 3.88. The number of hydrogen-bond acceptors (Lipinski definition) is 7. The highest BCUT2D eigenvalue weighted by Crippen LogP contribution is 2.14. The minimum absolute atomic E-state index is 0.159. The Morgan fingerprint density at radius 2 is 1.64 bits per heavy atom. The van der Waals surface area contributed by atoms with Crippen LogP contribution in [0, 0.1) is 6.92 Å². The normalized spacial score (nSPS) is 16.0. The molecule has 1 aliphatic rings. The molecule has 9 heteroatoms. The fourth-order valence-corrected chi connectivity index (χ4v) is 4.46. The molecule has 0 spiro atoms. The van der Waals surface area contributed by atoms with Gasteiger partial charge in [0.2, 0.25) is 0 Å². The fourth-order valence-electron chi connectivity index (χ4n) is 3.52. The van der Waals surface area contributed by atoms with Gasteiger partial charge in [-0.1, -0.05) is 17.7 Å². The molecule has 1 saturated heterocycles. The maximum absolute atomic E-state index is 12.1. The molecule has 0 bridgehead atoms. The van der Waals surface area contributed by atoms with Crippen molar-refractivity contribution in [2.24, 2.45) is 0 Å². The van der Waals surface area contributed by atoms with Crippen LogP contribution in [0.2, 0.25) is 0 Å². The van der Waals surface area contributed by atoms with E-state index in [9.17, 15) is 13.2 Å². The molecule has 1 heterocycles. The van der Waals surface area contributed by atoms with Gasteiger partial charge in [0, 0.05) is 38.9 Å². The molecule has 33 heavy (non-hydrogen) atoms. The first-order valence-electron chi connectivity index (χ1n) is 11.8. The number of likely N-dealkylation sites (tertiary alicyclic amines) is 1. The van der Waals surface area contributed by atoms with E-state index in [1.807, 2.05) is 27.7 Å². The molecule has 1 aliphatic heterocycles. The lowest BCUT2D eigenvalue weighted by Crippen LogP contribution is -2.46. The van der Waals surface area contributed by atoms with Gasteiger partial charge in [-0.25, -0.2) is 4.79 Å².